The highest BCUT2D eigenvalue weighted by atomic mass is 16.5. The lowest BCUT2D eigenvalue weighted by Crippen LogP contribution is -2.49. The number of amides is 1. The molecule has 1 aliphatic rings. The zero-order valence-corrected chi connectivity index (χ0v) is 12.8. The molecule has 0 aliphatic carbocycles. The lowest BCUT2D eigenvalue weighted by atomic mass is 10.0. The molecular weight excluding hydrogens is 280 g/mol. The Morgan fingerprint density at radius 3 is 2.95 bits per heavy atom. The highest BCUT2D eigenvalue weighted by Crippen LogP contribution is 2.30. The first-order valence-electron chi connectivity index (χ1n) is 7.34. The standard InChI is InChI=1S/C16H20N4O2/c1-19-9-8-18-15(19)16(21)20-10-7-17-11-13(20)12-5-3-4-6-14(12)22-2/h3-6,8-9,13,17H,7,10-11H2,1-2H3/t13-/m0/s1. The predicted octanol–water partition coefficient (Wildman–Crippen LogP) is 1.22. The second-order valence-corrected chi connectivity index (χ2v) is 5.32. The number of carbonyl (C=O) groups excluding carboxylic acids is 1. The number of carbonyl (C=O) groups is 1. The number of hydrogen-bond donors (Lipinski definition) is 1. The lowest BCUT2D eigenvalue weighted by Gasteiger charge is -2.36. The van der Waals surface area contributed by atoms with Gasteiger partial charge in [-0.1, -0.05) is 18.2 Å². The van der Waals surface area contributed by atoms with Crippen LogP contribution in [0.2, 0.25) is 0 Å². The van der Waals surface area contributed by atoms with Crippen molar-refractivity contribution < 1.29 is 9.53 Å². The van der Waals surface area contributed by atoms with Crippen LogP contribution in [0.3, 0.4) is 0 Å². The molecule has 2 aromatic rings. The normalized spacial score (nSPS) is 18.3. The van der Waals surface area contributed by atoms with Crippen LogP contribution in [-0.2, 0) is 7.05 Å². The number of aromatic nitrogens is 2. The van der Waals surface area contributed by atoms with Crippen LogP contribution in [0.1, 0.15) is 22.2 Å². The van der Waals surface area contributed by atoms with Crippen LogP contribution in [0.4, 0.5) is 0 Å². The predicted molar refractivity (Wildman–Crippen MR) is 82.8 cm³/mol. The van der Waals surface area contributed by atoms with Crippen LogP contribution in [0.25, 0.3) is 0 Å². The molecule has 1 aromatic heterocycles. The molecule has 1 saturated heterocycles. The number of aryl methyl sites for hydroxylation is 1. The van der Waals surface area contributed by atoms with Crippen LogP contribution >= 0.6 is 0 Å². The van der Waals surface area contributed by atoms with E-state index in [4.69, 9.17) is 4.74 Å². The van der Waals surface area contributed by atoms with Gasteiger partial charge in [-0.25, -0.2) is 4.98 Å². The summed E-state index contributed by atoms with van der Waals surface area (Å²) in [4.78, 5) is 18.9. The molecule has 1 aromatic carbocycles. The van der Waals surface area contributed by atoms with Crippen LogP contribution in [-0.4, -0.2) is 47.1 Å². The number of nitrogens with zero attached hydrogens (tertiary/aromatic N) is 3. The third-order valence-electron chi connectivity index (χ3n) is 4.01. The summed E-state index contributed by atoms with van der Waals surface area (Å²) in [5.41, 5.74) is 1.01. The molecule has 0 saturated carbocycles. The van der Waals surface area contributed by atoms with Crippen molar-refractivity contribution in [3.63, 3.8) is 0 Å². The molecule has 116 valence electrons. The summed E-state index contributed by atoms with van der Waals surface area (Å²) in [6.45, 7) is 2.13. The zero-order chi connectivity index (χ0) is 15.5. The average molecular weight is 300 g/mol. The molecule has 3 rings (SSSR count). The summed E-state index contributed by atoms with van der Waals surface area (Å²) in [7, 11) is 3.49. The van der Waals surface area contributed by atoms with Crippen molar-refractivity contribution in [3.8, 4) is 5.75 Å². The number of hydrogen-bond acceptors (Lipinski definition) is 4. The Bertz CT molecular complexity index is 668. The van der Waals surface area contributed by atoms with Crippen LogP contribution in [0.15, 0.2) is 36.7 Å². The second-order valence-electron chi connectivity index (χ2n) is 5.32. The van der Waals surface area contributed by atoms with Gasteiger partial charge in [0.2, 0.25) is 0 Å². The Kier molecular flexibility index (Phi) is 4.11. The maximum atomic E-state index is 12.8. The molecule has 1 aliphatic heterocycles. The van der Waals surface area contributed by atoms with E-state index in [9.17, 15) is 4.79 Å². The molecule has 0 unspecified atom stereocenters. The Labute approximate surface area is 129 Å². The number of methoxy groups -OCH3 is 1. The second kappa shape index (κ2) is 6.19. The van der Waals surface area contributed by atoms with Crippen LogP contribution in [0, 0.1) is 0 Å². The number of para-hydroxylation sites is 1. The third kappa shape index (κ3) is 2.57. The highest BCUT2D eigenvalue weighted by molar-refractivity contribution is 5.91. The number of ether oxygens (including phenoxy) is 1. The summed E-state index contributed by atoms with van der Waals surface area (Å²) in [6.07, 6.45) is 3.43. The number of rotatable bonds is 3. The van der Waals surface area contributed by atoms with Gasteiger partial charge in [0.25, 0.3) is 5.91 Å². The molecule has 1 amide bonds. The van der Waals surface area contributed by atoms with Gasteiger partial charge in [-0.15, -0.1) is 0 Å². The summed E-state index contributed by atoms with van der Waals surface area (Å²) >= 11 is 0. The van der Waals surface area contributed by atoms with E-state index < -0.39 is 0 Å². The minimum Gasteiger partial charge on any atom is -0.496 e. The number of nitrogens with one attached hydrogen (secondary N) is 1. The van der Waals surface area contributed by atoms with Crippen molar-refractivity contribution in [3.05, 3.63) is 48.0 Å². The van der Waals surface area contributed by atoms with E-state index in [1.165, 1.54) is 0 Å². The Morgan fingerprint density at radius 2 is 2.23 bits per heavy atom. The SMILES string of the molecule is COc1ccccc1[C@@H]1CNCCN1C(=O)c1nccn1C. The first-order valence-corrected chi connectivity index (χ1v) is 7.34. The molecule has 1 fully saturated rings. The lowest BCUT2D eigenvalue weighted by molar-refractivity contribution is 0.0615. The molecular formula is C16H20N4O2. The van der Waals surface area contributed by atoms with Crippen molar-refractivity contribution in [2.45, 2.75) is 6.04 Å². The first kappa shape index (κ1) is 14.6. The van der Waals surface area contributed by atoms with E-state index in [0.29, 0.717) is 18.9 Å². The molecule has 6 heteroatoms. The van der Waals surface area contributed by atoms with Gasteiger partial charge in [-0.3, -0.25) is 4.79 Å². The van der Waals surface area contributed by atoms with Gasteiger partial charge in [0, 0.05) is 44.6 Å². The van der Waals surface area contributed by atoms with E-state index in [-0.39, 0.29) is 11.9 Å². The summed E-state index contributed by atoms with van der Waals surface area (Å²) in [5, 5.41) is 3.35. The molecule has 2 heterocycles. The van der Waals surface area contributed by atoms with Crippen molar-refractivity contribution in [2.24, 2.45) is 7.05 Å². The van der Waals surface area contributed by atoms with E-state index in [0.717, 1.165) is 17.9 Å². The minimum atomic E-state index is -0.0610. The highest BCUT2D eigenvalue weighted by Gasteiger charge is 2.31. The third-order valence-corrected chi connectivity index (χ3v) is 4.01. The van der Waals surface area contributed by atoms with Crippen molar-refractivity contribution in [2.75, 3.05) is 26.7 Å². The molecule has 6 nitrogen and oxygen atoms in total. The van der Waals surface area contributed by atoms with Crippen molar-refractivity contribution in [1.29, 1.82) is 0 Å². The summed E-state index contributed by atoms with van der Waals surface area (Å²) in [5.74, 6) is 1.21. The topological polar surface area (TPSA) is 59.4 Å². The maximum absolute atomic E-state index is 12.8. The van der Waals surface area contributed by atoms with Crippen LogP contribution in [0.5, 0.6) is 5.75 Å². The first-order chi connectivity index (χ1) is 10.7. The van der Waals surface area contributed by atoms with Gasteiger partial charge in [0.15, 0.2) is 5.82 Å². The molecule has 0 radical (unpaired) electrons. The Balaban J connectivity index is 1.95. The number of imidazole rings is 1. The molecule has 1 atom stereocenters. The summed E-state index contributed by atoms with van der Waals surface area (Å²) in [6, 6.07) is 7.77. The van der Waals surface area contributed by atoms with Crippen molar-refractivity contribution >= 4 is 5.91 Å². The van der Waals surface area contributed by atoms with Gasteiger partial charge in [0.05, 0.1) is 13.2 Å². The molecule has 22 heavy (non-hydrogen) atoms. The molecule has 1 N–H and O–H groups in total. The molecule has 0 bridgehead atoms. The fourth-order valence-corrected chi connectivity index (χ4v) is 2.87. The fraction of sp³-hybridized carbons (Fsp3) is 0.375. The fourth-order valence-electron chi connectivity index (χ4n) is 2.87. The maximum Gasteiger partial charge on any atom is 0.290 e. The van der Waals surface area contributed by atoms with E-state index in [1.807, 2.05) is 36.2 Å². The van der Waals surface area contributed by atoms with Gasteiger partial charge in [-0.2, -0.15) is 0 Å². The minimum absolute atomic E-state index is 0.0510. The number of benzene rings is 1. The van der Waals surface area contributed by atoms with E-state index in [1.54, 1.807) is 24.1 Å². The van der Waals surface area contributed by atoms with Gasteiger partial charge < -0.3 is 19.5 Å². The smallest absolute Gasteiger partial charge is 0.290 e. The van der Waals surface area contributed by atoms with Gasteiger partial charge in [-0.05, 0) is 6.07 Å². The van der Waals surface area contributed by atoms with Crippen molar-refractivity contribution in [1.82, 2.24) is 19.8 Å². The quantitative estimate of drug-likeness (QED) is 0.926. The zero-order valence-electron chi connectivity index (χ0n) is 12.8. The van der Waals surface area contributed by atoms with Gasteiger partial charge >= 0.3 is 0 Å². The van der Waals surface area contributed by atoms with E-state index in [2.05, 4.69) is 10.3 Å². The Hall–Kier alpha value is -2.34. The molecule has 0 spiro atoms. The van der Waals surface area contributed by atoms with E-state index >= 15 is 0 Å². The average Bonchev–Trinajstić information content (AvgIpc) is 3.00. The Morgan fingerprint density at radius 1 is 1.41 bits per heavy atom. The van der Waals surface area contributed by atoms with Gasteiger partial charge in [0.1, 0.15) is 5.75 Å². The summed E-state index contributed by atoms with van der Waals surface area (Å²) < 4.78 is 7.21. The van der Waals surface area contributed by atoms with Crippen LogP contribution < -0.4 is 10.1 Å². The largest absolute Gasteiger partial charge is 0.496 e. The number of piperazine rings is 1. The monoisotopic (exact) mass is 300 g/mol.